The molecule has 0 bridgehead atoms. The zero-order valence-electron chi connectivity index (χ0n) is 8.89. The summed E-state index contributed by atoms with van der Waals surface area (Å²) < 4.78 is 0. The Morgan fingerprint density at radius 2 is 2.15 bits per heavy atom. The maximum atomic E-state index is 4.14. The smallest absolute Gasteiger partial charge is 0.0303 e. The molecule has 2 nitrogen and oxygen atoms in total. The minimum atomic E-state index is 0.147. The highest BCUT2D eigenvalue weighted by Gasteiger charge is 2.16. The van der Waals surface area contributed by atoms with E-state index < -0.39 is 0 Å². The quantitative estimate of drug-likeness (QED) is 0.765. The fraction of sp³-hybridized carbons (Fsp3) is 0.545. The molecule has 2 heteroatoms. The van der Waals surface area contributed by atoms with Crippen LogP contribution in [0.2, 0.25) is 0 Å². The summed E-state index contributed by atoms with van der Waals surface area (Å²) in [6, 6.07) is 2.06. The lowest BCUT2D eigenvalue weighted by Gasteiger charge is -2.24. The summed E-state index contributed by atoms with van der Waals surface area (Å²) >= 11 is 0. The zero-order chi connectivity index (χ0) is 9.90. The minimum Gasteiger partial charge on any atom is -0.314 e. The van der Waals surface area contributed by atoms with Crippen molar-refractivity contribution in [2.24, 2.45) is 0 Å². The van der Waals surface area contributed by atoms with Crippen LogP contribution in [0.15, 0.2) is 18.5 Å². The van der Waals surface area contributed by atoms with Gasteiger partial charge < -0.3 is 5.32 Å². The molecule has 0 aliphatic rings. The Kier molecular flexibility index (Phi) is 3.04. The molecule has 0 aromatic carbocycles. The van der Waals surface area contributed by atoms with Crippen LogP contribution in [-0.4, -0.2) is 17.6 Å². The summed E-state index contributed by atoms with van der Waals surface area (Å²) in [5.41, 5.74) is 2.79. The van der Waals surface area contributed by atoms with Gasteiger partial charge in [0.15, 0.2) is 0 Å². The highest BCUT2D eigenvalue weighted by atomic mass is 14.9. The number of rotatable bonds is 3. The predicted molar refractivity (Wildman–Crippen MR) is 55.8 cm³/mol. The molecule has 0 amide bonds. The van der Waals surface area contributed by atoms with Crippen molar-refractivity contribution in [1.29, 1.82) is 0 Å². The molecule has 13 heavy (non-hydrogen) atoms. The molecule has 0 atom stereocenters. The van der Waals surface area contributed by atoms with E-state index in [2.05, 4.69) is 37.1 Å². The predicted octanol–water partition coefficient (Wildman–Crippen LogP) is 1.93. The number of aryl methyl sites for hydroxylation is 1. The van der Waals surface area contributed by atoms with E-state index in [1.807, 2.05) is 19.4 Å². The van der Waals surface area contributed by atoms with Crippen molar-refractivity contribution in [2.75, 3.05) is 7.05 Å². The standard InChI is InChI=1S/C11H18N2/c1-9-5-6-13-8-10(9)7-11(2,3)12-4/h5-6,8,12H,7H2,1-4H3. The zero-order valence-corrected chi connectivity index (χ0v) is 8.89. The lowest BCUT2D eigenvalue weighted by Crippen LogP contribution is -2.38. The molecule has 0 unspecified atom stereocenters. The van der Waals surface area contributed by atoms with E-state index in [9.17, 15) is 0 Å². The number of nitrogens with zero attached hydrogens (tertiary/aromatic N) is 1. The number of pyridine rings is 1. The van der Waals surface area contributed by atoms with Gasteiger partial charge in [-0.3, -0.25) is 4.98 Å². The second kappa shape index (κ2) is 3.88. The first-order chi connectivity index (χ1) is 6.05. The molecular formula is C11H18N2. The first-order valence-corrected chi connectivity index (χ1v) is 4.63. The summed E-state index contributed by atoms with van der Waals surface area (Å²) in [4.78, 5) is 4.14. The van der Waals surface area contributed by atoms with E-state index in [0.717, 1.165) is 6.42 Å². The van der Waals surface area contributed by atoms with Crippen LogP contribution in [0.1, 0.15) is 25.0 Å². The summed E-state index contributed by atoms with van der Waals surface area (Å²) in [6.45, 7) is 6.52. The normalized spacial score (nSPS) is 11.7. The number of hydrogen-bond acceptors (Lipinski definition) is 2. The van der Waals surface area contributed by atoms with Gasteiger partial charge in [-0.1, -0.05) is 0 Å². The number of likely N-dealkylation sites (N-methyl/N-ethyl adjacent to an activating group) is 1. The highest BCUT2D eigenvalue weighted by Crippen LogP contribution is 2.14. The van der Waals surface area contributed by atoms with Crippen molar-refractivity contribution in [3.63, 3.8) is 0 Å². The van der Waals surface area contributed by atoms with E-state index in [1.165, 1.54) is 11.1 Å². The fourth-order valence-electron chi connectivity index (χ4n) is 1.25. The van der Waals surface area contributed by atoms with Crippen LogP contribution < -0.4 is 5.32 Å². The van der Waals surface area contributed by atoms with Crippen molar-refractivity contribution >= 4 is 0 Å². The van der Waals surface area contributed by atoms with Gasteiger partial charge in [0, 0.05) is 17.9 Å². The molecule has 1 rings (SSSR count). The average molecular weight is 178 g/mol. The Morgan fingerprint density at radius 1 is 1.46 bits per heavy atom. The topological polar surface area (TPSA) is 24.9 Å². The maximum Gasteiger partial charge on any atom is 0.0303 e. The molecule has 1 aromatic rings. The van der Waals surface area contributed by atoms with Gasteiger partial charge in [0.2, 0.25) is 0 Å². The molecule has 0 saturated heterocycles. The summed E-state index contributed by atoms with van der Waals surface area (Å²) in [5, 5.41) is 3.29. The van der Waals surface area contributed by atoms with Crippen LogP contribution in [-0.2, 0) is 6.42 Å². The Balaban J connectivity index is 2.80. The van der Waals surface area contributed by atoms with Crippen molar-refractivity contribution in [3.8, 4) is 0 Å². The summed E-state index contributed by atoms with van der Waals surface area (Å²) in [6.07, 6.45) is 4.81. The van der Waals surface area contributed by atoms with E-state index in [0.29, 0.717) is 0 Å². The lowest BCUT2D eigenvalue weighted by atomic mass is 9.94. The molecule has 1 aromatic heterocycles. The van der Waals surface area contributed by atoms with Gasteiger partial charge in [0.25, 0.3) is 0 Å². The third-order valence-electron chi connectivity index (χ3n) is 2.46. The Bertz CT molecular complexity index is 279. The Labute approximate surface area is 80.4 Å². The maximum absolute atomic E-state index is 4.14. The molecule has 0 fully saturated rings. The molecule has 72 valence electrons. The van der Waals surface area contributed by atoms with Crippen LogP contribution >= 0.6 is 0 Å². The molecule has 0 saturated carbocycles. The number of aromatic nitrogens is 1. The summed E-state index contributed by atoms with van der Waals surface area (Å²) in [5.74, 6) is 0. The molecule has 0 radical (unpaired) electrons. The van der Waals surface area contributed by atoms with Gasteiger partial charge in [-0.05, 0) is 51.4 Å². The molecule has 0 aliphatic carbocycles. The highest BCUT2D eigenvalue weighted by molar-refractivity contribution is 5.23. The van der Waals surface area contributed by atoms with Crippen LogP contribution in [0.25, 0.3) is 0 Å². The van der Waals surface area contributed by atoms with Gasteiger partial charge in [0.05, 0.1) is 0 Å². The monoisotopic (exact) mass is 178 g/mol. The van der Waals surface area contributed by atoms with Gasteiger partial charge in [-0.15, -0.1) is 0 Å². The van der Waals surface area contributed by atoms with Crippen LogP contribution in [0, 0.1) is 6.92 Å². The summed E-state index contributed by atoms with van der Waals surface area (Å²) in [7, 11) is 1.99. The van der Waals surface area contributed by atoms with Crippen molar-refractivity contribution < 1.29 is 0 Å². The second-order valence-electron chi connectivity index (χ2n) is 4.11. The van der Waals surface area contributed by atoms with Crippen molar-refractivity contribution in [2.45, 2.75) is 32.7 Å². The second-order valence-corrected chi connectivity index (χ2v) is 4.11. The van der Waals surface area contributed by atoms with Crippen LogP contribution in [0.5, 0.6) is 0 Å². The van der Waals surface area contributed by atoms with Gasteiger partial charge in [-0.25, -0.2) is 0 Å². The van der Waals surface area contributed by atoms with Crippen molar-refractivity contribution in [1.82, 2.24) is 10.3 Å². The van der Waals surface area contributed by atoms with Gasteiger partial charge in [-0.2, -0.15) is 0 Å². The fourth-order valence-corrected chi connectivity index (χ4v) is 1.25. The lowest BCUT2D eigenvalue weighted by molar-refractivity contribution is 0.421. The van der Waals surface area contributed by atoms with Crippen LogP contribution in [0.4, 0.5) is 0 Å². The van der Waals surface area contributed by atoms with Crippen LogP contribution in [0.3, 0.4) is 0 Å². The average Bonchev–Trinajstić information content (AvgIpc) is 2.09. The molecular weight excluding hydrogens is 160 g/mol. The number of hydrogen-bond donors (Lipinski definition) is 1. The molecule has 1 N–H and O–H groups in total. The third kappa shape index (κ3) is 2.81. The Morgan fingerprint density at radius 3 is 2.69 bits per heavy atom. The van der Waals surface area contributed by atoms with E-state index in [1.54, 1.807) is 0 Å². The first-order valence-electron chi connectivity index (χ1n) is 4.63. The Hall–Kier alpha value is -0.890. The minimum absolute atomic E-state index is 0.147. The molecule has 0 spiro atoms. The third-order valence-corrected chi connectivity index (χ3v) is 2.46. The van der Waals surface area contributed by atoms with Crippen molar-refractivity contribution in [3.05, 3.63) is 29.6 Å². The van der Waals surface area contributed by atoms with E-state index >= 15 is 0 Å². The van der Waals surface area contributed by atoms with Gasteiger partial charge >= 0.3 is 0 Å². The van der Waals surface area contributed by atoms with E-state index in [4.69, 9.17) is 0 Å². The van der Waals surface area contributed by atoms with E-state index in [-0.39, 0.29) is 5.54 Å². The molecule has 1 heterocycles. The first kappa shape index (κ1) is 10.2. The number of nitrogens with one attached hydrogen (secondary N) is 1. The molecule has 0 aliphatic heterocycles. The largest absolute Gasteiger partial charge is 0.314 e. The van der Waals surface area contributed by atoms with Gasteiger partial charge in [0.1, 0.15) is 0 Å². The SMILES string of the molecule is CNC(C)(C)Cc1cnccc1C.